The summed E-state index contributed by atoms with van der Waals surface area (Å²) in [6.45, 7) is 1.11. The molecule has 0 aliphatic carbocycles. The Hall–Kier alpha value is -2.97. The van der Waals surface area contributed by atoms with Crippen molar-refractivity contribution in [2.45, 2.75) is 18.9 Å². The van der Waals surface area contributed by atoms with Gasteiger partial charge in [0, 0.05) is 35.5 Å². The molecule has 3 amide bonds. The van der Waals surface area contributed by atoms with Gasteiger partial charge in [0.05, 0.1) is 16.8 Å². The number of para-hydroxylation sites is 1. The van der Waals surface area contributed by atoms with Gasteiger partial charge in [-0.1, -0.05) is 12.1 Å². The number of benzene rings is 1. The van der Waals surface area contributed by atoms with E-state index in [1.807, 2.05) is 16.1 Å². The molecule has 0 bridgehead atoms. The summed E-state index contributed by atoms with van der Waals surface area (Å²) >= 11 is 2.94. The molecule has 2 aromatic heterocycles. The summed E-state index contributed by atoms with van der Waals surface area (Å²) in [4.78, 5) is 39.5. The molecule has 30 heavy (non-hydrogen) atoms. The van der Waals surface area contributed by atoms with Crippen LogP contribution in [0.5, 0.6) is 0 Å². The first-order chi connectivity index (χ1) is 14.6. The van der Waals surface area contributed by atoms with Crippen LogP contribution in [0, 0.1) is 0 Å². The zero-order chi connectivity index (χ0) is 20.9. The Bertz CT molecular complexity index is 1020. The molecule has 6 nitrogen and oxygen atoms in total. The topological polar surface area (TPSA) is 78.5 Å². The van der Waals surface area contributed by atoms with E-state index in [0.29, 0.717) is 48.3 Å². The number of hydrogen-bond acceptors (Lipinski definition) is 5. The van der Waals surface area contributed by atoms with Gasteiger partial charge in [-0.2, -0.15) is 22.7 Å². The van der Waals surface area contributed by atoms with Crippen LogP contribution in [0.1, 0.15) is 43.9 Å². The number of nitrogens with zero attached hydrogens (tertiary/aromatic N) is 1. The Kier molecular flexibility index (Phi) is 6.25. The van der Waals surface area contributed by atoms with Crippen molar-refractivity contribution < 1.29 is 14.4 Å². The van der Waals surface area contributed by atoms with E-state index in [9.17, 15) is 14.4 Å². The van der Waals surface area contributed by atoms with Crippen molar-refractivity contribution in [3.05, 3.63) is 74.6 Å². The van der Waals surface area contributed by atoms with E-state index in [-0.39, 0.29) is 23.8 Å². The van der Waals surface area contributed by atoms with Crippen molar-refractivity contribution >= 4 is 46.1 Å². The lowest BCUT2D eigenvalue weighted by molar-refractivity contribution is 0.0699. The molecule has 1 fully saturated rings. The summed E-state index contributed by atoms with van der Waals surface area (Å²) in [7, 11) is 0. The van der Waals surface area contributed by atoms with Crippen molar-refractivity contribution in [2.24, 2.45) is 0 Å². The van der Waals surface area contributed by atoms with Gasteiger partial charge in [0.2, 0.25) is 0 Å². The maximum absolute atomic E-state index is 13.1. The number of nitrogens with one attached hydrogen (secondary N) is 2. The Morgan fingerprint density at radius 1 is 0.867 bits per heavy atom. The van der Waals surface area contributed by atoms with Crippen LogP contribution >= 0.6 is 22.7 Å². The van der Waals surface area contributed by atoms with Gasteiger partial charge in [-0.05, 0) is 47.9 Å². The Balaban J connectivity index is 1.37. The van der Waals surface area contributed by atoms with E-state index < -0.39 is 0 Å². The van der Waals surface area contributed by atoms with Crippen LogP contribution in [0.2, 0.25) is 0 Å². The number of piperidine rings is 1. The summed E-state index contributed by atoms with van der Waals surface area (Å²) < 4.78 is 0. The molecule has 4 rings (SSSR count). The summed E-state index contributed by atoms with van der Waals surface area (Å²) in [6, 6.07) is 10.7. The molecule has 0 radical (unpaired) electrons. The first kappa shape index (κ1) is 20.3. The fraction of sp³-hybridized carbons (Fsp3) is 0.227. The highest BCUT2D eigenvalue weighted by Gasteiger charge is 2.26. The Labute approximate surface area is 182 Å². The molecule has 2 N–H and O–H groups in total. The molecule has 3 aromatic rings. The number of anilines is 1. The normalized spacial score (nSPS) is 14.3. The third-order valence-corrected chi connectivity index (χ3v) is 6.46. The van der Waals surface area contributed by atoms with Gasteiger partial charge in [0.15, 0.2) is 0 Å². The van der Waals surface area contributed by atoms with Crippen LogP contribution in [0.15, 0.2) is 57.9 Å². The zero-order valence-electron chi connectivity index (χ0n) is 16.2. The average molecular weight is 440 g/mol. The predicted molar refractivity (Wildman–Crippen MR) is 119 cm³/mol. The number of carbonyl (C=O) groups excluding carboxylic acids is 3. The number of rotatable bonds is 5. The van der Waals surface area contributed by atoms with E-state index in [1.54, 1.807) is 46.7 Å². The maximum Gasteiger partial charge on any atom is 0.256 e. The van der Waals surface area contributed by atoms with E-state index >= 15 is 0 Å². The first-order valence-corrected chi connectivity index (χ1v) is 11.6. The zero-order valence-corrected chi connectivity index (χ0v) is 17.8. The predicted octanol–water partition coefficient (Wildman–Crippen LogP) is 4.10. The minimum atomic E-state index is -0.230. The standard InChI is InChI=1S/C22H21N3O3S2/c26-20(15-7-11-29-13-15)23-17-5-9-25(10-6-17)22(28)18-3-1-2-4-19(18)24-21(27)16-8-12-30-14-16/h1-4,7-8,11-14,17H,5-6,9-10H2,(H,23,26)(H,24,27). The second kappa shape index (κ2) is 9.23. The van der Waals surface area contributed by atoms with E-state index in [4.69, 9.17) is 0 Å². The van der Waals surface area contributed by atoms with Gasteiger partial charge in [0.25, 0.3) is 17.7 Å². The summed E-state index contributed by atoms with van der Waals surface area (Å²) in [6.07, 6.45) is 1.40. The average Bonchev–Trinajstić information content (AvgIpc) is 3.48. The number of carbonyl (C=O) groups is 3. The second-order valence-electron chi connectivity index (χ2n) is 7.06. The molecular formula is C22H21N3O3S2. The van der Waals surface area contributed by atoms with Gasteiger partial charge in [0.1, 0.15) is 0 Å². The van der Waals surface area contributed by atoms with Crippen molar-refractivity contribution in [3.63, 3.8) is 0 Å². The highest BCUT2D eigenvalue weighted by molar-refractivity contribution is 7.08. The number of thiophene rings is 2. The monoisotopic (exact) mass is 439 g/mol. The molecule has 1 saturated heterocycles. The molecule has 0 atom stereocenters. The van der Waals surface area contributed by atoms with E-state index in [1.165, 1.54) is 22.7 Å². The van der Waals surface area contributed by atoms with Gasteiger partial charge in [-0.15, -0.1) is 0 Å². The lowest BCUT2D eigenvalue weighted by atomic mass is 10.0. The second-order valence-corrected chi connectivity index (χ2v) is 8.62. The summed E-state index contributed by atoms with van der Waals surface area (Å²) in [5.74, 6) is -0.410. The third-order valence-electron chi connectivity index (χ3n) is 5.09. The third kappa shape index (κ3) is 4.60. The van der Waals surface area contributed by atoms with Crippen LogP contribution in [-0.4, -0.2) is 41.8 Å². The largest absolute Gasteiger partial charge is 0.349 e. The quantitative estimate of drug-likeness (QED) is 0.628. The fourth-order valence-corrected chi connectivity index (χ4v) is 4.70. The highest BCUT2D eigenvalue weighted by atomic mass is 32.1. The molecule has 0 spiro atoms. The lowest BCUT2D eigenvalue weighted by Crippen LogP contribution is -2.46. The lowest BCUT2D eigenvalue weighted by Gasteiger charge is -2.32. The Morgan fingerprint density at radius 3 is 2.13 bits per heavy atom. The SMILES string of the molecule is O=C(Nc1ccccc1C(=O)N1CCC(NC(=O)c2ccsc2)CC1)c1ccsc1. The number of hydrogen-bond donors (Lipinski definition) is 2. The minimum absolute atomic E-state index is 0.0509. The molecule has 8 heteroatoms. The fourth-order valence-electron chi connectivity index (χ4n) is 3.43. The van der Waals surface area contributed by atoms with Crippen molar-refractivity contribution in [1.82, 2.24) is 10.2 Å². The summed E-state index contributed by atoms with van der Waals surface area (Å²) in [5, 5.41) is 13.2. The van der Waals surface area contributed by atoms with Crippen molar-refractivity contribution in [1.29, 1.82) is 0 Å². The number of amides is 3. The van der Waals surface area contributed by atoms with Gasteiger partial charge < -0.3 is 15.5 Å². The molecule has 154 valence electrons. The highest BCUT2D eigenvalue weighted by Crippen LogP contribution is 2.21. The molecular weight excluding hydrogens is 418 g/mol. The van der Waals surface area contributed by atoms with Gasteiger partial charge in [-0.3, -0.25) is 14.4 Å². The number of likely N-dealkylation sites (tertiary alicyclic amines) is 1. The van der Waals surface area contributed by atoms with Crippen LogP contribution in [0.3, 0.4) is 0 Å². The minimum Gasteiger partial charge on any atom is -0.349 e. The first-order valence-electron chi connectivity index (χ1n) is 9.67. The summed E-state index contributed by atoms with van der Waals surface area (Å²) in [5.41, 5.74) is 2.23. The smallest absolute Gasteiger partial charge is 0.256 e. The Morgan fingerprint density at radius 2 is 1.50 bits per heavy atom. The van der Waals surface area contributed by atoms with Crippen LogP contribution in [0.4, 0.5) is 5.69 Å². The molecule has 1 aromatic carbocycles. The van der Waals surface area contributed by atoms with Crippen molar-refractivity contribution in [2.75, 3.05) is 18.4 Å². The van der Waals surface area contributed by atoms with Crippen LogP contribution in [-0.2, 0) is 0 Å². The molecule has 1 aliphatic heterocycles. The van der Waals surface area contributed by atoms with E-state index in [2.05, 4.69) is 10.6 Å². The maximum atomic E-state index is 13.1. The molecule has 0 unspecified atom stereocenters. The molecule has 1 aliphatic rings. The van der Waals surface area contributed by atoms with Gasteiger partial charge >= 0.3 is 0 Å². The van der Waals surface area contributed by atoms with Crippen molar-refractivity contribution in [3.8, 4) is 0 Å². The van der Waals surface area contributed by atoms with Gasteiger partial charge in [-0.25, -0.2) is 0 Å². The van der Waals surface area contributed by atoms with E-state index in [0.717, 1.165) is 0 Å². The molecule has 3 heterocycles. The van der Waals surface area contributed by atoms with Crippen LogP contribution in [0.25, 0.3) is 0 Å². The molecule has 0 saturated carbocycles. The van der Waals surface area contributed by atoms with Crippen LogP contribution < -0.4 is 10.6 Å².